The van der Waals surface area contributed by atoms with E-state index in [-0.39, 0.29) is 0 Å². The van der Waals surface area contributed by atoms with Gasteiger partial charge in [0.05, 0.1) is 5.66 Å². The molecule has 1 unspecified atom stereocenters. The summed E-state index contributed by atoms with van der Waals surface area (Å²) in [5, 5.41) is 0. The third-order valence-corrected chi connectivity index (χ3v) is 2.44. The van der Waals surface area contributed by atoms with Crippen LogP contribution < -0.4 is 11.5 Å². The fourth-order valence-electron chi connectivity index (χ4n) is 2.70. The molecule has 0 spiro atoms. The lowest BCUT2D eigenvalue weighted by Gasteiger charge is -2.43. The van der Waals surface area contributed by atoms with Gasteiger partial charge in [0.2, 0.25) is 0 Å². The summed E-state index contributed by atoms with van der Waals surface area (Å²) in [6, 6.07) is 0. The SMILES string of the molecule is CC1CC(C)(C)CC(N)(N)C1. The van der Waals surface area contributed by atoms with Crippen LogP contribution in [0.25, 0.3) is 0 Å². The van der Waals surface area contributed by atoms with Gasteiger partial charge < -0.3 is 11.5 Å². The molecule has 1 atom stereocenters. The lowest BCUT2D eigenvalue weighted by Crippen LogP contribution is -2.56. The zero-order valence-electron chi connectivity index (χ0n) is 7.85. The van der Waals surface area contributed by atoms with Crippen molar-refractivity contribution in [3.8, 4) is 0 Å². The van der Waals surface area contributed by atoms with Crippen molar-refractivity contribution >= 4 is 0 Å². The minimum absolute atomic E-state index is 0.334. The van der Waals surface area contributed by atoms with Crippen molar-refractivity contribution in [2.24, 2.45) is 22.8 Å². The standard InChI is InChI=1S/C9H20N2/c1-7-4-8(2,3)6-9(10,11)5-7/h7H,4-6,10-11H2,1-3H3. The third kappa shape index (κ3) is 2.46. The molecule has 2 heteroatoms. The van der Waals surface area contributed by atoms with Gasteiger partial charge in [-0.2, -0.15) is 0 Å². The first-order valence-corrected chi connectivity index (χ1v) is 4.39. The van der Waals surface area contributed by atoms with E-state index in [1.54, 1.807) is 0 Å². The van der Waals surface area contributed by atoms with Crippen molar-refractivity contribution < 1.29 is 0 Å². The highest BCUT2D eigenvalue weighted by molar-refractivity contribution is 4.92. The van der Waals surface area contributed by atoms with Crippen LogP contribution in [-0.2, 0) is 0 Å². The fourth-order valence-corrected chi connectivity index (χ4v) is 2.70. The number of nitrogens with two attached hydrogens (primary N) is 2. The molecule has 0 amide bonds. The van der Waals surface area contributed by atoms with Crippen molar-refractivity contribution in [1.82, 2.24) is 0 Å². The molecule has 11 heavy (non-hydrogen) atoms. The average molecular weight is 156 g/mol. The molecule has 1 aliphatic rings. The van der Waals surface area contributed by atoms with E-state index in [0.717, 1.165) is 12.8 Å². The quantitative estimate of drug-likeness (QED) is 0.521. The minimum Gasteiger partial charge on any atom is -0.313 e. The Morgan fingerprint density at radius 2 is 1.73 bits per heavy atom. The Morgan fingerprint density at radius 3 is 2.09 bits per heavy atom. The van der Waals surface area contributed by atoms with Crippen molar-refractivity contribution in [3.63, 3.8) is 0 Å². The van der Waals surface area contributed by atoms with E-state index in [0.29, 0.717) is 11.3 Å². The van der Waals surface area contributed by atoms with Gasteiger partial charge in [0.15, 0.2) is 0 Å². The second-order valence-electron chi connectivity index (χ2n) is 5.09. The predicted octanol–water partition coefficient (Wildman–Crippen LogP) is 1.45. The summed E-state index contributed by atoms with van der Waals surface area (Å²) in [4.78, 5) is 0. The Morgan fingerprint density at radius 1 is 1.18 bits per heavy atom. The molecular weight excluding hydrogens is 136 g/mol. The Labute approximate surface area is 69.3 Å². The molecule has 0 aromatic rings. The van der Waals surface area contributed by atoms with Crippen LogP contribution in [0, 0.1) is 11.3 Å². The summed E-state index contributed by atoms with van der Waals surface area (Å²) in [5.74, 6) is 0.675. The summed E-state index contributed by atoms with van der Waals surface area (Å²) in [5.41, 5.74) is 11.8. The third-order valence-electron chi connectivity index (χ3n) is 2.44. The first kappa shape index (κ1) is 9.01. The summed E-state index contributed by atoms with van der Waals surface area (Å²) >= 11 is 0. The minimum atomic E-state index is -0.416. The van der Waals surface area contributed by atoms with Gasteiger partial charge in [-0.3, -0.25) is 0 Å². The van der Waals surface area contributed by atoms with Gasteiger partial charge in [-0.1, -0.05) is 20.8 Å². The van der Waals surface area contributed by atoms with Gasteiger partial charge >= 0.3 is 0 Å². The summed E-state index contributed by atoms with van der Waals surface area (Å²) in [6.45, 7) is 6.73. The molecule has 0 radical (unpaired) electrons. The van der Waals surface area contributed by atoms with Gasteiger partial charge in [-0.05, 0) is 30.6 Å². The summed E-state index contributed by atoms with van der Waals surface area (Å²) in [6.07, 6.45) is 3.17. The van der Waals surface area contributed by atoms with E-state index >= 15 is 0 Å². The van der Waals surface area contributed by atoms with Gasteiger partial charge in [-0.15, -0.1) is 0 Å². The molecule has 1 fully saturated rings. The molecule has 0 saturated heterocycles. The van der Waals surface area contributed by atoms with Crippen LogP contribution in [0.15, 0.2) is 0 Å². The predicted molar refractivity (Wildman–Crippen MR) is 47.9 cm³/mol. The number of rotatable bonds is 0. The molecule has 66 valence electrons. The largest absolute Gasteiger partial charge is 0.313 e. The van der Waals surface area contributed by atoms with Gasteiger partial charge in [0.1, 0.15) is 0 Å². The number of hydrogen-bond donors (Lipinski definition) is 2. The van der Waals surface area contributed by atoms with E-state index < -0.39 is 5.66 Å². The van der Waals surface area contributed by atoms with Crippen LogP contribution in [0.2, 0.25) is 0 Å². The van der Waals surface area contributed by atoms with E-state index in [4.69, 9.17) is 11.5 Å². The highest BCUT2D eigenvalue weighted by Gasteiger charge is 2.37. The second-order valence-corrected chi connectivity index (χ2v) is 5.09. The van der Waals surface area contributed by atoms with Crippen molar-refractivity contribution in [2.75, 3.05) is 0 Å². The molecule has 2 nitrogen and oxygen atoms in total. The van der Waals surface area contributed by atoms with Gasteiger partial charge in [-0.25, -0.2) is 0 Å². The van der Waals surface area contributed by atoms with E-state index in [2.05, 4.69) is 20.8 Å². The highest BCUT2D eigenvalue weighted by atomic mass is 15.0. The zero-order valence-corrected chi connectivity index (χ0v) is 7.85. The maximum absolute atomic E-state index is 5.92. The molecule has 1 rings (SSSR count). The average Bonchev–Trinajstić information content (AvgIpc) is 1.49. The normalized spacial score (nSPS) is 35.2. The Hall–Kier alpha value is -0.0800. The first-order chi connectivity index (χ1) is 4.81. The molecule has 1 aliphatic carbocycles. The van der Waals surface area contributed by atoms with Crippen LogP contribution in [-0.4, -0.2) is 5.66 Å². The van der Waals surface area contributed by atoms with Crippen LogP contribution in [0.1, 0.15) is 40.0 Å². The second kappa shape index (κ2) is 2.46. The molecule has 0 aromatic carbocycles. The van der Waals surface area contributed by atoms with Crippen LogP contribution in [0.5, 0.6) is 0 Å². The smallest absolute Gasteiger partial charge is 0.0644 e. The molecule has 4 N–H and O–H groups in total. The maximum atomic E-state index is 5.92. The molecular formula is C9H20N2. The topological polar surface area (TPSA) is 52.0 Å². The lowest BCUT2D eigenvalue weighted by atomic mass is 9.68. The summed E-state index contributed by atoms with van der Waals surface area (Å²) < 4.78 is 0. The maximum Gasteiger partial charge on any atom is 0.0644 e. The molecule has 0 aromatic heterocycles. The van der Waals surface area contributed by atoms with E-state index in [1.165, 1.54) is 6.42 Å². The van der Waals surface area contributed by atoms with Crippen LogP contribution in [0.4, 0.5) is 0 Å². The lowest BCUT2D eigenvalue weighted by molar-refractivity contribution is 0.112. The van der Waals surface area contributed by atoms with Crippen LogP contribution in [0.3, 0.4) is 0 Å². The van der Waals surface area contributed by atoms with Gasteiger partial charge in [0.25, 0.3) is 0 Å². The van der Waals surface area contributed by atoms with Gasteiger partial charge in [0, 0.05) is 0 Å². The van der Waals surface area contributed by atoms with Crippen molar-refractivity contribution in [2.45, 2.75) is 45.7 Å². The first-order valence-electron chi connectivity index (χ1n) is 4.39. The zero-order chi connectivity index (χ0) is 8.70. The monoisotopic (exact) mass is 156 g/mol. The van der Waals surface area contributed by atoms with E-state index in [1.807, 2.05) is 0 Å². The van der Waals surface area contributed by atoms with Crippen molar-refractivity contribution in [3.05, 3.63) is 0 Å². The highest BCUT2D eigenvalue weighted by Crippen LogP contribution is 2.40. The Bertz CT molecular complexity index is 134. The molecule has 1 saturated carbocycles. The fraction of sp³-hybridized carbons (Fsp3) is 1.00. The van der Waals surface area contributed by atoms with E-state index in [9.17, 15) is 0 Å². The number of hydrogen-bond acceptors (Lipinski definition) is 2. The van der Waals surface area contributed by atoms with Crippen LogP contribution >= 0.6 is 0 Å². The Kier molecular flexibility index (Phi) is 2.01. The summed E-state index contributed by atoms with van der Waals surface area (Å²) in [7, 11) is 0. The molecule has 0 heterocycles. The molecule has 0 bridgehead atoms. The molecule has 0 aliphatic heterocycles. The Balaban J connectivity index is 2.66. The van der Waals surface area contributed by atoms with Crippen molar-refractivity contribution in [1.29, 1.82) is 0 Å².